The van der Waals surface area contributed by atoms with Gasteiger partial charge in [0.05, 0.1) is 12.7 Å². The quantitative estimate of drug-likeness (QED) is 0.687. The Morgan fingerprint density at radius 2 is 2.27 bits per heavy atom. The van der Waals surface area contributed by atoms with Crippen LogP contribution in [0.1, 0.15) is 19.4 Å². The lowest BCUT2D eigenvalue weighted by molar-refractivity contribution is 0.408. The molecular weight excluding hydrogens is 138 g/mol. The molecule has 0 atom stereocenters. The summed E-state index contributed by atoms with van der Waals surface area (Å²) < 4.78 is 1.87. The van der Waals surface area contributed by atoms with Crippen molar-refractivity contribution in [1.29, 1.82) is 0 Å². The van der Waals surface area contributed by atoms with E-state index in [4.69, 9.17) is 5.73 Å². The summed E-state index contributed by atoms with van der Waals surface area (Å²) in [4.78, 5) is 0. The second-order valence-corrected chi connectivity index (χ2v) is 3.70. The summed E-state index contributed by atoms with van der Waals surface area (Å²) >= 11 is 0. The molecule has 1 heterocycles. The summed E-state index contributed by atoms with van der Waals surface area (Å²) in [5, 5.41) is 4.14. The normalized spacial score (nSPS) is 12.0. The lowest BCUT2D eigenvalue weighted by Gasteiger charge is -2.17. The maximum absolute atomic E-state index is 5.82. The molecule has 3 heteroatoms. The summed E-state index contributed by atoms with van der Waals surface area (Å²) in [6.45, 7) is 6.77. The Balaban J connectivity index is 2.65. The van der Waals surface area contributed by atoms with E-state index in [2.05, 4.69) is 5.10 Å². The zero-order valence-corrected chi connectivity index (χ0v) is 7.33. The molecule has 0 unspecified atom stereocenters. The van der Waals surface area contributed by atoms with Gasteiger partial charge in [-0.05, 0) is 26.3 Å². The van der Waals surface area contributed by atoms with Crippen molar-refractivity contribution < 1.29 is 0 Å². The van der Waals surface area contributed by atoms with Gasteiger partial charge in [0.1, 0.15) is 0 Å². The second kappa shape index (κ2) is 2.66. The van der Waals surface area contributed by atoms with Crippen molar-refractivity contribution in [3.05, 3.63) is 18.0 Å². The summed E-state index contributed by atoms with van der Waals surface area (Å²) in [5.74, 6) is 0. The Morgan fingerprint density at radius 1 is 1.64 bits per heavy atom. The van der Waals surface area contributed by atoms with Crippen LogP contribution < -0.4 is 5.73 Å². The SMILES string of the molecule is Cc1cnn(CC(C)(C)N)c1. The number of rotatable bonds is 2. The van der Waals surface area contributed by atoms with Gasteiger partial charge >= 0.3 is 0 Å². The van der Waals surface area contributed by atoms with Gasteiger partial charge in [0.2, 0.25) is 0 Å². The largest absolute Gasteiger partial charge is 0.324 e. The van der Waals surface area contributed by atoms with E-state index in [0.717, 1.165) is 6.54 Å². The Hall–Kier alpha value is -0.830. The molecule has 11 heavy (non-hydrogen) atoms. The summed E-state index contributed by atoms with van der Waals surface area (Å²) in [5.41, 5.74) is 6.81. The van der Waals surface area contributed by atoms with Crippen molar-refractivity contribution in [3.8, 4) is 0 Å². The molecule has 1 aromatic heterocycles. The fourth-order valence-corrected chi connectivity index (χ4v) is 0.971. The molecule has 0 saturated carbocycles. The van der Waals surface area contributed by atoms with Gasteiger partial charge in [-0.3, -0.25) is 4.68 Å². The van der Waals surface area contributed by atoms with Crippen LogP contribution in [0.4, 0.5) is 0 Å². The van der Waals surface area contributed by atoms with Gasteiger partial charge in [-0.1, -0.05) is 0 Å². The van der Waals surface area contributed by atoms with E-state index in [1.54, 1.807) is 0 Å². The third-order valence-corrected chi connectivity index (χ3v) is 1.33. The Morgan fingerprint density at radius 3 is 2.64 bits per heavy atom. The lowest BCUT2D eigenvalue weighted by Crippen LogP contribution is -2.37. The summed E-state index contributed by atoms with van der Waals surface area (Å²) in [6, 6.07) is 0. The molecule has 2 N–H and O–H groups in total. The van der Waals surface area contributed by atoms with Crippen molar-refractivity contribution in [2.45, 2.75) is 32.9 Å². The van der Waals surface area contributed by atoms with Crippen molar-refractivity contribution in [3.63, 3.8) is 0 Å². The molecule has 0 radical (unpaired) electrons. The fraction of sp³-hybridized carbons (Fsp3) is 0.625. The highest BCUT2D eigenvalue weighted by Gasteiger charge is 2.11. The van der Waals surface area contributed by atoms with Crippen molar-refractivity contribution in [2.75, 3.05) is 0 Å². The Bertz CT molecular complexity index is 232. The van der Waals surface area contributed by atoms with Gasteiger partial charge in [0.15, 0.2) is 0 Å². The minimum atomic E-state index is -0.182. The van der Waals surface area contributed by atoms with Gasteiger partial charge in [-0.25, -0.2) is 0 Å². The average Bonchev–Trinajstić information content (AvgIpc) is 2.10. The van der Waals surface area contributed by atoms with Crippen LogP contribution in [0.3, 0.4) is 0 Å². The summed E-state index contributed by atoms with van der Waals surface area (Å²) in [7, 11) is 0. The highest BCUT2D eigenvalue weighted by atomic mass is 15.3. The molecule has 0 spiro atoms. The first-order chi connectivity index (χ1) is 4.97. The highest BCUT2D eigenvalue weighted by molar-refractivity contribution is 4.99. The van der Waals surface area contributed by atoms with E-state index in [-0.39, 0.29) is 5.54 Å². The van der Waals surface area contributed by atoms with Gasteiger partial charge in [0, 0.05) is 11.7 Å². The third kappa shape index (κ3) is 2.72. The predicted octanol–water partition coefficient (Wildman–Crippen LogP) is 0.929. The number of nitrogens with two attached hydrogens (primary N) is 1. The first-order valence-electron chi connectivity index (χ1n) is 3.75. The van der Waals surface area contributed by atoms with Crippen molar-refractivity contribution in [1.82, 2.24) is 9.78 Å². The third-order valence-electron chi connectivity index (χ3n) is 1.33. The molecule has 0 bridgehead atoms. The lowest BCUT2D eigenvalue weighted by atomic mass is 10.1. The van der Waals surface area contributed by atoms with E-state index in [0.29, 0.717) is 0 Å². The van der Waals surface area contributed by atoms with Crippen LogP contribution in [0.5, 0.6) is 0 Å². The molecule has 0 aliphatic carbocycles. The maximum atomic E-state index is 5.82. The van der Waals surface area contributed by atoms with Gasteiger partial charge in [-0.2, -0.15) is 5.10 Å². The van der Waals surface area contributed by atoms with E-state index < -0.39 is 0 Å². The minimum absolute atomic E-state index is 0.182. The highest BCUT2D eigenvalue weighted by Crippen LogP contribution is 2.02. The minimum Gasteiger partial charge on any atom is -0.324 e. The first kappa shape index (κ1) is 8.27. The molecule has 0 aliphatic rings. The first-order valence-corrected chi connectivity index (χ1v) is 3.75. The van der Waals surface area contributed by atoms with Gasteiger partial charge < -0.3 is 5.73 Å². The Kier molecular flexibility index (Phi) is 2.00. The molecule has 0 fully saturated rings. The monoisotopic (exact) mass is 153 g/mol. The van der Waals surface area contributed by atoms with E-state index in [9.17, 15) is 0 Å². The topological polar surface area (TPSA) is 43.8 Å². The number of hydrogen-bond acceptors (Lipinski definition) is 2. The zero-order chi connectivity index (χ0) is 8.48. The molecule has 0 aliphatic heterocycles. The molecule has 0 amide bonds. The standard InChI is InChI=1S/C8H15N3/c1-7-4-10-11(5-7)6-8(2,3)9/h4-5H,6,9H2,1-3H3. The van der Waals surface area contributed by atoms with Crippen LogP contribution in [-0.2, 0) is 6.54 Å². The Labute approximate surface area is 67.2 Å². The molecule has 0 aromatic carbocycles. The zero-order valence-electron chi connectivity index (χ0n) is 7.33. The number of aryl methyl sites for hydroxylation is 1. The van der Waals surface area contributed by atoms with Crippen molar-refractivity contribution >= 4 is 0 Å². The van der Waals surface area contributed by atoms with Crippen LogP contribution in [0.2, 0.25) is 0 Å². The molecule has 3 nitrogen and oxygen atoms in total. The van der Waals surface area contributed by atoms with Crippen LogP contribution in [0.15, 0.2) is 12.4 Å². The fourth-order valence-electron chi connectivity index (χ4n) is 0.971. The van der Waals surface area contributed by atoms with Crippen LogP contribution in [0, 0.1) is 6.92 Å². The average molecular weight is 153 g/mol. The van der Waals surface area contributed by atoms with E-state index in [1.165, 1.54) is 5.56 Å². The molecule has 1 rings (SSSR count). The van der Waals surface area contributed by atoms with E-state index in [1.807, 2.05) is 37.8 Å². The molecule has 0 saturated heterocycles. The van der Waals surface area contributed by atoms with E-state index >= 15 is 0 Å². The molecule has 1 aromatic rings. The van der Waals surface area contributed by atoms with Gasteiger partial charge in [0.25, 0.3) is 0 Å². The smallest absolute Gasteiger partial charge is 0.0583 e. The predicted molar refractivity (Wildman–Crippen MR) is 45.2 cm³/mol. The van der Waals surface area contributed by atoms with Crippen LogP contribution in [-0.4, -0.2) is 15.3 Å². The number of nitrogens with zero attached hydrogens (tertiary/aromatic N) is 2. The van der Waals surface area contributed by atoms with Gasteiger partial charge in [-0.15, -0.1) is 0 Å². The van der Waals surface area contributed by atoms with Crippen LogP contribution >= 0.6 is 0 Å². The molecular formula is C8H15N3. The number of hydrogen-bond donors (Lipinski definition) is 1. The molecule has 62 valence electrons. The van der Waals surface area contributed by atoms with Crippen LogP contribution in [0.25, 0.3) is 0 Å². The second-order valence-electron chi connectivity index (χ2n) is 3.70. The van der Waals surface area contributed by atoms with Crippen molar-refractivity contribution in [2.24, 2.45) is 5.73 Å². The number of aromatic nitrogens is 2. The maximum Gasteiger partial charge on any atom is 0.0583 e. The summed E-state index contributed by atoms with van der Waals surface area (Å²) in [6.07, 6.45) is 3.83.